The Balaban J connectivity index is 1.72. The van der Waals surface area contributed by atoms with Crippen LogP contribution >= 0.6 is 0 Å². The smallest absolute Gasteiger partial charge is 0.276 e. The van der Waals surface area contributed by atoms with Crippen molar-refractivity contribution in [2.45, 2.75) is 44.6 Å². The molecule has 1 N–H and O–H groups in total. The van der Waals surface area contributed by atoms with Crippen LogP contribution in [-0.2, 0) is 13.5 Å². The zero-order valence-corrected chi connectivity index (χ0v) is 14.3. The van der Waals surface area contributed by atoms with Crippen molar-refractivity contribution in [3.63, 3.8) is 0 Å². The van der Waals surface area contributed by atoms with Crippen molar-refractivity contribution in [2.24, 2.45) is 7.05 Å². The highest BCUT2D eigenvalue weighted by Crippen LogP contribution is 2.26. The lowest BCUT2D eigenvalue weighted by molar-refractivity contribution is -0.0260. The van der Waals surface area contributed by atoms with Gasteiger partial charge in [-0.25, -0.2) is 0 Å². The van der Waals surface area contributed by atoms with Crippen LogP contribution in [0, 0.1) is 0 Å². The second-order valence-electron chi connectivity index (χ2n) is 6.86. The number of aliphatic hydroxyl groups is 1. The molecule has 0 radical (unpaired) electrons. The number of nitrogens with zero attached hydrogens (tertiary/aromatic N) is 5. The van der Waals surface area contributed by atoms with Crippen LogP contribution in [0.1, 0.15) is 54.7 Å². The Morgan fingerprint density at radius 2 is 2.29 bits per heavy atom. The molecule has 8 nitrogen and oxygen atoms in total. The number of aryl methyl sites for hydroxylation is 1. The summed E-state index contributed by atoms with van der Waals surface area (Å²) in [6.45, 7) is 4.82. The zero-order valence-electron chi connectivity index (χ0n) is 14.3. The van der Waals surface area contributed by atoms with Gasteiger partial charge in [0.05, 0.1) is 12.1 Å². The van der Waals surface area contributed by atoms with E-state index in [0.29, 0.717) is 36.7 Å². The number of β-amino-alcohol motifs (C(OH)–C–C–N with tert-alkyl or cyclic N) is 1. The van der Waals surface area contributed by atoms with E-state index in [1.54, 1.807) is 21.9 Å². The van der Waals surface area contributed by atoms with Crippen LogP contribution in [0.25, 0.3) is 0 Å². The fourth-order valence-corrected chi connectivity index (χ4v) is 3.02. The summed E-state index contributed by atoms with van der Waals surface area (Å²) in [5, 5.41) is 22.7. The van der Waals surface area contributed by atoms with Gasteiger partial charge in [-0.3, -0.25) is 4.79 Å². The number of carbonyl (C=O) groups excluding carboxylic acids is 1. The predicted molar refractivity (Wildman–Crippen MR) is 85.4 cm³/mol. The maximum absolute atomic E-state index is 12.7. The molecule has 1 fully saturated rings. The standard InChI is InChI=1S/C16H23N5O3/c1-11(2)13-7-12(19-24-13)15(22)21-6-4-5-16(23,9-21)8-14-18-17-10-20(14)3/h7,10-11,23H,4-6,8-9H2,1-3H3. The Kier molecular flexibility index (Phi) is 4.40. The maximum Gasteiger partial charge on any atom is 0.276 e. The molecular weight excluding hydrogens is 310 g/mol. The third-order valence-corrected chi connectivity index (χ3v) is 4.45. The Bertz CT molecular complexity index is 723. The first kappa shape index (κ1) is 16.6. The van der Waals surface area contributed by atoms with E-state index in [-0.39, 0.29) is 18.4 Å². The topological polar surface area (TPSA) is 97.3 Å². The lowest BCUT2D eigenvalue weighted by atomic mass is 9.89. The third kappa shape index (κ3) is 3.33. The number of hydrogen-bond acceptors (Lipinski definition) is 6. The number of piperidine rings is 1. The first-order valence-corrected chi connectivity index (χ1v) is 8.19. The molecule has 1 amide bonds. The molecule has 0 saturated carbocycles. The van der Waals surface area contributed by atoms with Crippen LogP contribution in [0.5, 0.6) is 0 Å². The molecule has 0 bridgehead atoms. The number of rotatable bonds is 4. The van der Waals surface area contributed by atoms with Gasteiger partial charge in [-0.15, -0.1) is 10.2 Å². The summed E-state index contributed by atoms with van der Waals surface area (Å²) in [6, 6.07) is 1.68. The molecule has 1 aliphatic rings. The fourth-order valence-electron chi connectivity index (χ4n) is 3.02. The summed E-state index contributed by atoms with van der Waals surface area (Å²) < 4.78 is 6.99. The highest BCUT2D eigenvalue weighted by molar-refractivity contribution is 5.92. The average Bonchev–Trinajstić information content (AvgIpc) is 3.16. The van der Waals surface area contributed by atoms with Crippen molar-refractivity contribution in [3.8, 4) is 0 Å². The van der Waals surface area contributed by atoms with Crippen molar-refractivity contribution < 1.29 is 14.4 Å². The van der Waals surface area contributed by atoms with Crippen LogP contribution in [0.15, 0.2) is 16.9 Å². The Labute approximate surface area is 140 Å². The minimum Gasteiger partial charge on any atom is -0.388 e. The van der Waals surface area contributed by atoms with Gasteiger partial charge in [-0.1, -0.05) is 19.0 Å². The molecule has 0 spiro atoms. The number of likely N-dealkylation sites (tertiary alicyclic amines) is 1. The maximum atomic E-state index is 12.7. The number of hydrogen-bond donors (Lipinski definition) is 1. The molecule has 130 valence electrons. The van der Waals surface area contributed by atoms with Gasteiger partial charge in [0, 0.05) is 32.0 Å². The molecule has 1 saturated heterocycles. The van der Waals surface area contributed by atoms with E-state index in [4.69, 9.17) is 4.52 Å². The molecular formula is C16H23N5O3. The molecule has 1 atom stereocenters. The third-order valence-electron chi connectivity index (χ3n) is 4.45. The van der Waals surface area contributed by atoms with Crippen LogP contribution in [0.2, 0.25) is 0 Å². The van der Waals surface area contributed by atoms with E-state index in [9.17, 15) is 9.90 Å². The van der Waals surface area contributed by atoms with Gasteiger partial charge in [-0.05, 0) is 12.8 Å². The number of amides is 1. The van der Waals surface area contributed by atoms with E-state index in [1.165, 1.54) is 0 Å². The van der Waals surface area contributed by atoms with Gasteiger partial charge in [0.2, 0.25) is 0 Å². The van der Waals surface area contributed by atoms with Crippen LogP contribution in [0.4, 0.5) is 0 Å². The molecule has 0 aromatic carbocycles. The van der Waals surface area contributed by atoms with Gasteiger partial charge in [-0.2, -0.15) is 0 Å². The first-order valence-electron chi connectivity index (χ1n) is 8.19. The van der Waals surface area contributed by atoms with Gasteiger partial charge in [0.15, 0.2) is 5.69 Å². The molecule has 8 heteroatoms. The summed E-state index contributed by atoms with van der Waals surface area (Å²) in [6.07, 6.45) is 3.32. The molecule has 1 unspecified atom stereocenters. The molecule has 3 rings (SSSR count). The molecule has 1 aliphatic heterocycles. The van der Waals surface area contributed by atoms with Crippen LogP contribution in [-0.4, -0.2) is 54.5 Å². The minimum atomic E-state index is -1.00. The molecule has 0 aliphatic carbocycles. The van der Waals surface area contributed by atoms with Gasteiger partial charge < -0.3 is 19.1 Å². The molecule has 3 heterocycles. The Morgan fingerprint density at radius 3 is 2.92 bits per heavy atom. The quantitative estimate of drug-likeness (QED) is 0.901. The van der Waals surface area contributed by atoms with Gasteiger partial charge >= 0.3 is 0 Å². The summed E-state index contributed by atoms with van der Waals surface area (Å²) in [5.74, 6) is 1.36. The molecule has 24 heavy (non-hydrogen) atoms. The molecule has 2 aromatic heterocycles. The zero-order chi connectivity index (χ0) is 17.3. The second kappa shape index (κ2) is 6.35. The number of aromatic nitrogens is 4. The Hall–Kier alpha value is -2.22. The monoisotopic (exact) mass is 333 g/mol. The Morgan fingerprint density at radius 1 is 1.50 bits per heavy atom. The van der Waals surface area contributed by atoms with E-state index in [0.717, 1.165) is 6.42 Å². The fraction of sp³-hybridized carbons (Fsp3) is 0.625. The normalized spacial score (nSPS) is 21.5. The van der Waals surface area contributed by atoms with Gasteiger partial charge in [0.1, 0.15) is 17.9 Å². The average molecular weight is 333 g/mol. The minimum absolute atomic E-state index is 0.174. The van der Waals surface area contributed by atoms with Gasteiger partial charge in [0.25, 0.3) is 5.91 Å². The first-order chi connectivity index (χ1) is 11.4. The highest BCUT2D eigenvalue weighted by atomic mass is 16.5. The predicted octanol–water partition coefficient (Wildman–Crippen LogP) is 1.14. The number of carbonyl (C=O) groups is 1. The highest BCUT2D eigenvalue weighted by Gasteiger charge is 2.37. The SMILES string of the molecule is CC(C)c1cc(C(=O)N2CCCC(O)(Cc3nncn3C)C2)no1. The van der Waals surface area contributed by atoms with Crippen molar-refractivity contribution in [1.29, 1.82) is 0 Å². The van der Waals surface area contributed by atoms with E-state index >= 15 is 0 Å². The summed E-state index contributed by atoms with van der Waals surface area (Å²) >= 11 is 0. The lowest BCUT2D eigenvalue weighted by Crippen LogP contribution is -2.51. The summed E-state index contributed by atoms with van der Waals surface area (Å²) in [5.41, 5.74) is -0.708. The largest absolute Gasteiger partial charge is 0.388 e. The van der Waals surface area contributed by atoms with E-state index in [2.05, 4.69) is 15.4 Å². The van der Waals surface area contributed by atoms with E-state index < -0.39 is 5.60 Å². The van der Waals surface area contributed by atoms with Crippen LogP contribution < -0.4 is 0 Å². The van der Waals surface area contributed by atoms with Crippen LogP contribution in [0.3, 0.4) is 0 Å². The lowest BCUT2D eigenvalue weighted by Gasteiger charge is -2.38. The van der Waals surface area contributed by atoms with Crippen molar-refractivity contribution in [2.75, 3.05) is 13.1 Å². The summed E-state index contributed by atoms with van der Waals surface area (Å²) in [7, 11) is 1.84. The van der Waals surface area contributed by atoms with Crippen molar-refractivity contribution in [1.82, 2.24) is 24.8 Å². The molecule has 2 aromatic rings. The van der Waals surface area contributed by atoms with Crippen molar-refractivity contribution in [3.05, 3.63) is 29.7 Å². The van der Waals surface area contributed by atoms with Crippen molar-refractivity contribution >= 4 is 5.91 Å². The summed E-state index contributed by atoms with van der Waals surface area (Å²) in [4.78, 5) is 14.3. The second-order valence-corrected chi connectivity index (χ2v) is 6.86. The van der Waals surface area contributed by atoms with E-state index in [1.807, 2.05) is 20.9 Å².